The van der Waals surface area contributed by atoms with Crippen LogP contribution in [0.4, 0.5) is 10.5 Å². The van der Waals surface area contributed by atoms with E-state index in [2.05, 4.69) is 5.32 Å². The maximum atomic E-state index is 13.3. The number of amides is 3. The summed E-state index contributed by atoms with van der Waals surface area (Å²) in [5.41, 5.74) is 0.613. The number of aryl methyl sites for hydroxylation is 1. The molecule has 39 heavy (non-hydrogen) atoms. The summed E-state index contributed by atoms with van der Waals surface area (Å²) in [6, 6.07) is 2.57. The number of carbonyl (C=O) groups excluding carboxylic acids is 4. The number of ether oxygens (including phenoxy) is 2. The first-order valence-electron chi connectivity index (χ1n) is 12.9. The third-order valence-corrected chi connectivity index (χ3v) is 6.48. The van der Waals surface area contributed by atoms with Crippen molar-refractivity contribution in [3.8, 4) is 0 Å². The first kappa shape index (κ1) is 30.6. The number of rotatable bonds is 4. The second-order valence-corrected chi connectivity index (χ2v) is 11.9. The van der Waals surface area contributed by atoms with Crippen LogP contribution in [-0.2, 0) is 30.9 Å². The molecule has 3 aliphatic rings. The number of nitrogens with one attached hydrogen (secondary N) is 1. The number of alkyl carbamates (subject to hydrolysis) is 1. The predicted octanol–water partition coefficient (Wildman–Crippen LogP) is -0.328. The minimum absolute atomic E-state index is 0. The van der Waals surface area contributed by atoms with Crippen molar-refractivity contribution < 1.29 is 57.2 Å². The van der Waals surface area contributed by atoms with Gasteiger partial charge < -0.3 is 43.7 Å². The third-order valence-electron chi connectivity index (χ3n) is 6.48. The van der Waals surface area contributed by atoms with Gasteiger partial charge in [-0.15, -0.1) is 0 Å². The molecule has 0 aliphatic carbocycles. The van der Waals surface area contributed by atoms with Crippen LogP contribution in [0.15, 0.2) is 47.4 Å². The van der Waals surface area contributed by atoms with E-state index in [1.165, 1.54) is 4.90 Å². The van der Waals surface area contributed by atoms with Gasteiger partial charge >= 0.3 is 12.1 Å². The fourth-order valence-electron chi connectivity index (χ4n) is 4.86. The van der Waals surface area contributed by atoms with Gasteiger partial charge in [-0.3, -0.25) is 14.5 Å². The molecule has 4 rings (SSSR count). The topological polar surface area (TPSA) is 109 Å². The molecule has 2 atom stereocenters. The average molecular weight is 653 g/mol. The van der Waals surface area contributed by atoms with E-state index in [9.17, 15) is 19.2 Å². The summed E-state index contributed by atoms with van der Waals surface area (Å²) in [6.07, 6.45) is 6.31. The molecule has 2 fully saturated rings. The molecule has 3 amide bonds. The van der Waals surface area contributed by atoms with E-state index in [1.54, 1.807) is 52.5 Å². The first-order valence-corrected chi connectivity index (χ1v) is 12.9. The van der Waals surface area contributed by atoms with Crippen LogP contribution >= 0.6 is 0 Å². The maximum absolute atomic E-state index is 13.3. The first-order chi connectivity index (χ1) is 17.6. The Bertz CT molecular complexity index is 1230. The number of fused-ring (bicyclic) bond motifs is 1. The molecule has 0 saturated carbocycles. The third kappa shape index (κ3) is 6.79. The highest BCUT2D eigenvalue weighted by atomic mass is 127. The Labute approximate surface area is 246 Å². The molecule has 1 aromatic heterocycles. The Morgan fingerprint density at radius 1 is 1.03 bits per heavy atom. The summed E-state index contributed by atoms with van der Waals surface area (Å²) < 4.78 is 12.9. The van der Waals surface area contributed by atoms with Gasteiger partial charge in [-0.2, -0.15) is 0 Å². The molecule has 0 bridgehead atoms. The van der Waals surface area contributed by atoms with Crippen molar-refractivity contribution in [1.82, 2.24) is 10.2 Å². The molecular weight excluding hydrogens is 615 g/mol. The zero-order chi connectivity index (χ0) is 28.0. The van der Waals surface area contributed by atoms with E-state index in [0.29, 0.717) is 37.0 Å². The normalized spacial score (nSPS) is 22.3. The van der Waals surface area contributed by atoms with E-state index < -0.39 is 41.3 Å². The molecular formula is C28H37IN4O6. The predicted molar refractivity (Wildman–Crippen MR) is 139 cm³/mol. The number of pyridine rings is 1. The SMILES string of the molecule is C[n+]1ccc(N2CCC(=CC3=C(C(=O)OC(C)(C)C)N4C(=O)[C@@H](NC(=O)OC(C)(C)C)[C@H]4CC3)C2=O)cc1.[I-]. The number of aromatic nitrogens is 1. The summed E-state index contributed by atoms with van der Waals surface area (Å²) in [7, 11) is 1.91. The standard InChI is InChI=1S/C28H36N4O6.HI/c1-27(2,3)37-25(35)22-17(16-18-10-15-31(23(18)33)19-11-13-30(7)14-12-19)8-9-20-21(24(34)32(20)22)29-26(36)38-28(4,5)6;/h11-14,16,20-21H,8-10,15H2,1-7H3;1H/t20-,21+;/m1./s1. The minimum atomic E-state index is -0.792. The van der Waals surface area contributed by atoms with Crippen molar-refractivity contribution in [3.63, 3.8) is 0 Å². The van der Waals surface area contributed by atoms with Gasteiger partial charge in [-0.1, -0.05) is 0 Å². The van der Waals surface area contributed by atoms with Gasteiger partial charge in [0.1, 0.15) is 30.0 Å². The molecule has 3 aliphatic heterocycles. The summed E-state index contributed by atoms with van der Waals surface area (Å²) in [6.45, 7) is 11.0. The second-order valence-electron chi connectivity index (χ2n) is 11.9. The molecule has 1 aromatic rings. The Hall–Kier alpha value is -2.96. The Kier molecular flexibility index (Phi) is 8.83. The highest BCUT2D eigenvalue weighted by Gasteiger charge is 2.54. The van der Waals surface area contributed by atoms with E-state index in [1.807, 2.05) is 36.1 Å². The molecule has 0 radical (unpaired) electrons. The van der Waals surface area contributed by atoms with Crippen molar-refractivity contribution in [3.05, 3.63) is 47.4 Å². The van der Waals surface area contributed by atoms with Gasteiger partial charge in [0.25, 0.3) is 11.8 Å². The monoisotopic (exact) mass is 652 g/mol. The Morgan fingerprint density at radius 3 is 2.23 bits per heavy atom. The van der Waals surface area contributed by atoms with E-state index in [4.69, 9.17) is 9.47 Å². The van der Waals surface area contributed by atoms with Crippen molar-refractivity contribution >= 4 is 29.6 Å². The number of esters is 1. The van der Waals surface area contributed by atoms with Crippen LogP contribution in [0.2, 0.25) is 0 Å². The molecule has 4 heterocycles. The van der Waals surface area contributed by atoms with Gasteiger partial charge in [-0.05, 0) is 72.5 Å². The van der Waals surface area contributed by atoms with Crippen LogP contribution in [0, 0.1) is 0 Å². The van der Waals surface area contributed by atoms with Crippen LogP contribution in [-0.4, -0.2) is 58.6 Å². The number of hydrogen-bond acceptors (Lipinski definition) is 6. The fourth-order valence-corrected chi connectivity index (χ4v) is 4.86. The second kappa shape index (κ2) is 11.3. The van der Waals surface area contributed by atoms with Gasteiger partial charge in [0.15, 0.2) is 12.4 Å². The highest BCUT2D eigenvalue weighted by molar-refractivity contribution is 6.09. The largest absolute Gasteiger partial charge is 1.00 e. The molecule has 0 aromatic carbocycles. The quantitative estimate of drug-likeness (QED) is 0.157. The average Bonchev–Trinajstić information content (AvgIpc) is 3.15. The van der Waals surface area contributed by atoms with E-state index in [0.717, 1.165) is 5.69 Å². The summed E-state index contributed by atoms with van der Waals surface area (Å²) in [5, 5.41) is 2.65. The smallest absolute Gasteiger partial charge is 0.408 e. The fraction of sp³-hybridized carbons (Fsp3) is 0.536. The summed E-state index contributed by atoms with van der Waals surface area (Å²) >= 11 is 0. The van der Waals surface area contributed by atoms with Crippen LogP contribution in [0.3, 0.4) is 0 Å². The van der Waals surface area contributed by atoms with Crippen LogP contribution < -0.4 is 38.8 Å². The highest BCUT2D eigenvalue weighted by Crippen LogP contribution is 2.39. The minimum Gasteiger partial charge on any atom is -1.00 e. The summed E-state index contributed by atoms with van der Waals surface area (Å²) in [5.74, 6) is -1.17. The lowest BCUT2D eigenvalue weighted by Crippen LogP contribution is -3.00. The van der Waals surface area contributed by atoms with Crippen molar-refractivity contribution in [2.24, 2.45) is 7.05 Å². The van der Waals surface area contributed by atoms with Gasteiger partial charge in [0.2, 0.25) is 0 Å². The maximum Gasteiger partial charge on any atom is 0.408 e. The van der Waals surface area contributed by atoms with Crippen LogP contribution in [0.5, 0.6) is 0 Å². The number of carbonyl (C=O) groups is 4. The van der Waals surface area contributed by atoms with Crippen molar-refractivity contribution in [1.29, 1.82) is 0 Å². The zero-order valence-electron chi connectivity index (χ0n) is 23.5. The molecule has 11 heteroatoms. The molecule has 1 N–H and O–H groups in total. The number of anilines is 1. The van der Waals surface area contributed by atoms with Gasteiger partial charge in [-0.25, -0.2) is 14.2 Å². The molecule has 10 nitrogen and oxygen atoms in total. The van der Waals surface area contributed by atoms with E-state index >= 15 is 0 Å². The molecule has 0 unspecified atom stereocenters. The molecule has 212 valence electrons. The van der Waals surface area contributed by atoms with Crippen LogP contribution in [0.1, 0.15) is 60.8 Å². The zero-order valence-corrected chi connectivity index (χ0v) is 25.7. The Morgan fingerprint density at radius 2 is 1.64 bits per heavy atom. The number of hydrogen-bond donors (Lipinski definition) is 1. The van der Waals surface area contributed by atoms with Crippen LogP contribution in [0.25, 0.3) is 0 Å². The number of β-lactam (4-membered cyclic amide) rings is 1. The molecule has 2 saturated heterocycles. The Balaban J connectivity index is 0.00000420. The molecule has 0 spiro atoms. The van der Waals surface area contributed by atoms with E-state index in [-0.39, 0.29) is 35.6 Å². The van der Waals surface area contributed by atoms with Crippen molar-refractivity contribution in [2.45, 2.75) is 84.1 Å². The number of halogens is 1. The lowest BCUT2D eigenvalue weighted by atomic mass is 9.83. The lowest BCUT2D eigenvalue weighted by Gasteiger charge is -2.50. The van der Waals surface area contributed by atoms with Gasteiger partial charge in [0.05, 0.1) is 11.7 Å². The number of allylic oxidation sites excluding steroid dienone is 2. The summed E-state index contributed by atoms with van der Waals surface area (Å²) in [4.78, 5) is 55.2. The number of nitrogens with zero attached hydrogens (tertiary/aromatic N) is 3. The van der Waals surface area contributed by atoms with Gasteiger partial charge in [0, 0.05) is 24.3 Å². The lowest BCUT2D eigenvalue weighted by molar-refractivity contribution is -0.671. The van der Waals surface area contributed by atoms with Crippen molar-refractivity contribution in [2.75, 3.05) is 11.4 Å².